The Morgan fingerprint density at radius 1 is 1.07 bits per heavy atom. The van der Waals surface area contributed by atoms with E-state index in [4.69, 9.17) is 0 Å². The van der Waals surface area contributed by atoms with Crippen LogP contribution < -0.4 is 0 Å². The van der Waals surface area contributed by atoms with Crippen molar-refractivity contribution in [3.8, 4) is 0 Å². The van der Waals surface area contributed by atoms with Crippen LogP contribution in [0.15, 0.2) is 72.7 Å². The second-order valence-electron chi connectivity index (χ2n) is 6.92. The van der Waals surface area contributed by atoms with Crippen LogP contribution in [-0.2, 0) is 17.6 Å². The summed E-state index contributed by atoms with van der Waals surface area (Å²) >= 11 is 1.65. The molecule has 1 aromatic heterocycles. The predicted octanol–water partition coefficient (Wildman–Crippen LogP) is 4.69. The quantitative estimate of drug-likeness (QED) is 0.574. The van der Waals surface area contributed by atoms with Crippen molar-refractivity contribution in [1.29, 1.82) is 0 Å². The third-order valence-corrected chi connectivity index (χ3v) is 6.16. The first-order chi connectivity index (χ1) is 14.1. The van der Waals surface area contributed by atoms with Gasteiger partial charge in [-0.25, -0.2) is 9.18 Å². The van der Waals surface area contributed by atoms with Crippen molar-refractivity contribution in [2.24, 2.45) is 0 Å². The van der Waals surface area contributed by atoms with Gasteiger partial charge in [-0.1, -0.05) is 12.1 Å². The molecule has 1 N–H and O–H groups in total. The minimum Gasteiger partial charge on any atom is -0.478 e. The van der Waals surface area contributed by atoms with Crippen molar-refractivity contribution in [2.75, 3.05) is 12.3 Å². The number of carboxylic acids is 1. The summed E-state index contributed by atoms with van der Waals surface area (Å²) < 4.78 is 13.0. The number of aromatic nitrogens is 1. The van der Waals surface area contributed by atoms with Crippen LogP contribution in [0.4, 0.5) is 4.39 Å². The van der Waals surface area contributed by atoms with Gasteiger partial charge in [-0.05, 0) is 79.0 Å². The molecule has 2 aromatic rings. The lowest BCUT2D eigenvalue weighted by Crippen LogP contribution is -2.35. The number of allylic oxidation sites excluding steroid dienone is 2. The van der Waals surface area contributed by atoms with Crippen LogP contribution >= 0.6 is 11.8 Å². The fourth-order valence-electron chi connectivity index (χ4n) is 3.29. The predicted molar refractivity (Wildman–Crippen MR) is 115 cm³/mol. The Balaban J connectivity index is 1.52. The highest BCUT2D eigenvalue weighted by Gasteiger charge is 2.26. The van der Waals surface area contributed by atoms with Crippen LogP contribution in [0.1, 0.15) is 24.0 Å². The fraction of sp³-hybridized carbons (Fsp3) is 0.304. The van der Waals surface area contributed by atoms with E-state index in [1.807, 2.05) is 24.4 Å². The van der Waals surface area contributed by atoms with E-state index in [1.54, 1.807) is 42.4 Å². The van der Waals surface area contributed by atoms with Gasteiger partial charge in [0.15, 0.2) is 0 Å². The summed E-state index contributed by atoms with van der Waals surface area (Å²) in [5.41, 5.74) is 2.75. The van der Waals surface area contributed by atoms with E-state index in [0.29, 0.717) is 5.57 Å². The molecule has 1 aromatic carbocycles. The number of hydrogen-bond acceptors (Lipinski definition) is 4. The Labute approximate surface area is 175 Å². The van der Waals surface area contributed by atoms with Gasteiger partial charge in [-0.15, -0.1) is 11.8 Å². The van der Waals surface area contributed by atoms with Crippen LogP contribution in [0.3, 0.4) is 0 Å². The topological polar surface area (TPSA) is 53.4 Å². The number of nitrogens with zero attached hydrogens (tertiary/aromatic N) is 2. The lowest BCUT2D eigenvalue weighted by Gasteiger charge is -2.33. The maximum Gasteiger partial charge on any atom is 0.334 e. The van der Waals surface area contributed by atoms with E-state index >= 15 is 0 Å². The zero-order valence-corrected chi connectivity index (χ0v) is 17.0. The fourth-order valence-corrected chi connectivity index (χ4v) is 4.55. The Kier molecular flexibility index (Phi) is 7.87. The number of aryl methyl sites for hydroxylation is 2. The Morgan fingerprint density at radius 2 is 1.76 bits per heavy atom. The van der Waals surface area contributed by atoms with Crippen molar-refractivity contribution in [2.45, 2.75) is 31.1 Å². The smallest absolute Gasteiger partial charge is 0.334 e. The lowest BCUT2D eigenvalue weighted by molar-refractivity contribution is -0.133. The second kappa shape index (κ2) is 10.8. The summed E-state index contributed by atoms with van der Waals surface area (Å²) in [5.74, 6) is -0.262. The number of carbonyl (C=O) groups is 1. The molecular weight excluding hydrogens is 387 g/mol. The van der Waals surface area contributed by atoms with E-state index in [2.05, 4.69) is 9.88 Å². The maximum atomic E-state index is 13.0. The molecule has 29 heavy (non-hydrogen) atoms. The zero-order chi connectivity index (χ0) is 20.5. The minimum absolute atomic E-state index is 0.192. The molecule has 0 amide bonds. The molecule has 0 bridgehead atoms. The van der Waals surface area contributed by atoms with Crippen LogP contribution in [0, 0.1) is 5.82 Å². The molecule has 1 aliphatic heterocycles. The van der Waals surface area contributed by atoms with Gasteiger partial charge < -0.3 is 10.0 Å². The van der Waals surface area contributed by atoms with E-state index in [9.17, 15) is 14.3 Å². The zero-order valence-electron chi connectivity index (χ0n) is 16.2. The first-order valence-corrected chi connectivity index (χ1v) is 10.8. The van der Waals surface area contributed by atoms with Crippen molar-refractivity contribution in [1.82, 2.24) is 9.88 Å². The number of pyridine rings is 1. The molecule has 0 spiro atoms. The standard InChI is InChI=1S/C23H25FN2O2S/c24-20-9-7-18(8-10-20)5-3-17-29-22-21(23(27)28)6-2-16-26(22)15-1-4-19-11-13-25-14-12-19/h2,6-14,16,22H,1,3-5,15,17H2,(H,27,28). The van der Waals surface area contributed by atoms with Crippen LogP contribution in [0.25, 0.3) is 0 Å². The molecular formula is C23H25FN2O2S. The summed E-state index contributed by atoms with van der Waals surface area (Å²) in [4.78, 5) is 17.9. The van der Waals surface area contributed by atoms with Gasteiger partial charge in [0, 0.05) is 25.1 Å². The SMILES string of the molecule is O=C(O)C1=CC=CN(CCCc2ccncc2)C1SCCCc1ccc(F)cc1. The lowest BCUT2D eigenvalue weighted by atomic mass is 10.1. The molecule has 1 atom stereocenters. The number of rotatable bonds is 10. The molecule has 1 unspecified atom stereocenters. The first kappa shape index (κ1) is 21.1. The number of halogens is 1. The Morgan fingerprint density at radius 3 is 2.48 bits per heavy atom. The molecule has 0 saturated carbocycles. The summed E-state index contributed by atoms with van der Waals surface area (Å²) in [6, 6.07) is 10.6. The second-order valence-corrected chi connectivity index (χ2v) is 8.11. The largest absolute Gasteiger partial charge is 0.478 e. The van der Waals surface area contributed by atoms with E-state index in [-0.39, 0.29) is 11.2 Å². The third-order valence-electron chi connectivity index (χ3n) is 4.80. The molecule has 0 aliphatic carbocycles. The molecule has 0 radical (unpaired) electrons. The van der Waals surface area contributed by atoms with Crippen LogP contribution in [0.5, 0.6) is 0 Å². The molecule has 152 valence electrons. The van der Waals surface area contributed by atoms with Crippen LogP contribution in [0.2, 0.25) is 0 Å². The van der Waals surface area contributed by atoms with Crippen molar-refractivity contribution >= 4 is 17.7 Å². The number of aliphatic carboxylic acids is 1. The highest BCUT2D eigenvalue weighted by atomic mass is 32.2. The highest BCUT2D eigenvalue weighted by Crippen LogP contribution is 2.28. The Hall–Kier alpha value is -2.60. The third kappa shape index (κ3) is 6.46. The summed E-state index contributed by atoms with van der Waals surface area (Å²) in [6.45, 7) is 0.791. The van der Waals surface area contributed by atoms with E-state index < -0.39 is 5.97 Å². The normalized spacial score (nSPS) is 16.0. The molecule has 0 fully saturated rings. The van der Waals surface area contributed by atoms with Gasteiger partial charge in [0.25, 0.3) is 0 Å². The van der Waals surface area contributed by atoms with Gasteiger partial charge in [-0.3, -0.25) is 4.98 Å². The maximum absolute atomic E-state index is 13.0. The molecule has 1 aliphatic rings. The van der Waals surface area contributed by atoms with E-state index in [0.717, 1.165) is 43.5 Å². The molecule has 2 heterocycles. The van der Waals surface area contributed by atoms with Crippen molar-refractivity contribution in [3.63, 3.8) is 0 Å². The van der Waals surface area contributed by atoms with Gasteiger partial charge in [0.1, 0.15) is 11.2 Å². The average Bonchev–Trinajstić information content (AvgIpc) is 2.73. The van der Waals surface area contributed by atoms with E-state index in [1.165, 1.54) is 17.7 Å². The number of benzene rings is 1. The first-order valence-electron chi connectivity index (χ1n) is 9.76. The minimum atomic E-state index is -0.871. The average molecular weight is 413 g/mol. The number of hydrogen-bond donors (Lipinski definition) is 1. The number of thioether (sulfide) groups is 1. The molecule has 4 nitrogen and oxygen atoms in total. The summed E-state index contributed by atoms with van der Waals surface area (Å²) in [5, 5.41) is 9.41. The van der Waals surface area contributed by atoms with Gasteiger partial charge in [-0.2, -0.15) is 0 Å². The van der Waals surface area contributed by atoms with Crippen LogP contribution in [-0.4, -0.2) is 38.6 Å². The van der Waals surface area contributed by atoms with Gasteiger partial charge in [0.05, 0.1) is 5.57 Å². The summed E-state index contributed by atoms with van der Waals surface area (Å²) in [6.07, 6.45) is 12.7. The van der Waals surface area contributed by atoms with Crippen molar-refractivity contribution < 1.29 is 14.3 Å². The number of carboxylic acid groups (broad SMARTS) is 1. The summed E-state index contributed by atoms with van der Waals surface area (Å²) in [7, 11) is 0. The molecule has 0 saturated heterocycles. The van der Waals surface area contributed by atoms with Gasteiger partial charge >= 0.3 is 5.97 Å². The van der Waals surface area contributed by atoms with Crippen molar-refractivity contribution in [3.05, 3.63) is 89.7 Å². The van der Waals surface area contributed by atoms with Gasteiger partial charge in [0.2, 0.25) is 0 Å². The Bertz CT molecular complexity index is 853. The molecule has 3 rings (SSSR count). The molecule has 6 heteroatoms. The highest BCUT2D eigenvalue weighted by molar-refractivity contribution is 8.00. The monoisotopic (exact) mass is 412 g/mol.